The molecule has 0 aliphatic heterocycles. The van der Waals surface area contributed by atoms with Crippen LogP contribution in [0.4, 0.5) is 0 Å². The summed E-state index contributed by atoms with van der Waals surface area (Å²) in [7, 11) is 1.69. The minimum Gasteiger partial charge on any atom is -0.508 e. The van der Waals surface area contributed by atoms with E-state index in [-0.39, 0.29) is 0 Å². The maximum Gasteiger partial charge on any atom is 0.118 e. The smallest absolute Gasteiger partial charge is 0.118 e. The number of benzene rings is 4. The van der Waals surface area contributed by atoms with Gasteiger partial charge < -0.3 is 9.84 Å². The highest BCUT2D eigenvalue weighted by Gasteiger charge is 2.45. The molecule has 0 spiro atoms. The fraction of sp³-hybridized carbons (Fsp3) is 0.111. The number of phenolic OH excluding ortho intramolecular Hbond substituents is 1. The second-order valence-electron chi connectivity index (χ2n) is 7.57. The Morgan fingerprint density at radius 1 is 0.690 bits per heavy atom. The summed E-state index contributed by atoms with van der Waals surface area (Å²) in [6.45, 7) is 1.95. The average Bonchev–Trinajstić information content (AvgIpc) is 3.07. The molecule has 0 atom stereocenters. The minimum absolute atomic E-state index is 0.318. The number of aromatic hydroxyl groups is 1. The number of hydrogen-bond donors (Lipinski definition) is 1. The van der Waals surface area contributed by atoms with E-state index in [1.54, 1.807) is 13.2 Å². The molecule has 0 saturated heterocycles. The Morgan fingerprint density at radius 2 is 1.24 bits per heavy atom. The van der Waals surface area contributed by atoms with Gasteiger partial charge in [-0.3, -0.25) is 0 Å². The first-order valence-corrected chi connectivity index (χ1v) is 9.80. The van der Waals surface area contributed by atoms with E-state index < -0.39 is 5.41 Å². The maximum atomic E-state index is 10.2. The molecule has 4 aromatic carbocycles. The average molecular weight is 378 g/mol. The van der Waals surface area contributed by atoms with Crippen molar-refractivity contribution in [1.29, 1.82) is 0 Å². The normalized spacial score (nSPS) is 13.6. The molecule has 29 heavy (non-hydrogen) atoms. The third-order valence-corrected chi connectivity index (χ3v) is 6.11. The second-order valence-corrected chi connectivity index (χ2v) is 7.57. The maximum absolute atomic E-state index is 10.2. The van der Waals surface area contributed by atoms with Gasteiger partial charge in [0.05, 0.1) is 12.5 Å². The summed E-state index contributed by atoms with van der Waals surface area (Å²) in [5.74, 6) is 1.16. The highest BCUT2D eigenvalue weighted by molar-refractivity contribution is 5.86. The molecule has 0 unspecified atom stereocenters. The first-order valence-electron chi connectivity index (χ1n) is 9.80. The van der Waals surface area contributed by atoms with Gasteiger partial charge in [-0.05, 0) is 64.1 Å². The van der Waals surface area contributed by atoms with Crippen molar-refractivity contribution < 1.29 is 9.84 Å². The molecule has 0 heterocycles. The van der Waals surface area contributed by atoms with Crippen LogP contribution < -0.4 is 4.74 Å². The van der Waals surface area contributed by atoms with Gasteiger partial charge in [0, 0.05) is 0 Å². The Kier molecular flexibility index (Phi) is 3.95. The highest BCUT2D eigenvalue weighted by Crippen LogP contribution is 2.56. The van der Waals surface area contributed by atoms with Crippen molar-refractivity contribution in [3.63, 3.8) is 0 Å². The van der Waals surface area contributed by atoms with Crippen molar-refractivity contribution in [3.8, 4) is 22.6 Å². The van der Waals surface area contributed by atoms with Crippen LogP contribution in [-0.2, 0) is 5.41 Å². The predicted molar refractivity (Wildman–Crippen MR) is 117 cm³/mol. The summed E-state index contributed by atoms with van der Waals surface area (Å²) in [4.78, 5) is 0. The van der Waals surface area contributed by atoms with Gasteiger partial charge in [-0.2, -0.15) is 0 Å². The molecule has 0 aromatic heterocycles. The van der Waals surface area contributed by atoms with E-state index in [2.05, 4.69) is 66.7 Å². The van der Waals surface area contributed by atoms with E-state index >= 15 is 0 Å². The molecule has 2 nitrogen and oxygen atoms in total. The molecular formula is C27H22O2. The highest BCUT2D eigenvalue weighted by atomic mass is 16.5. The first kappa shape index (κ1) is 17.6. The molecule has 0 amide bonds. The number of aryl methyl sites for hydroxylation is 1. The molecule has 142 valence electrons. The van der Waals surface area contributed by atoms with Crippen molar-refractivity contribution in [2.75, 3.05) is 7.11 Å². The number of rotatable bonds is 3. The van der Waals surface area contributed by atoms with Crippen molar-refractivity contribution in [3.05, 3.63) is 119 Å². The number of ether oxygens (including phenoxy) is 1. The predicted octanol–water partition coefficient (Wildman–Crippen LogP) is 6.07. The zero-order valence-electron chi connectivity index (χ0n) is 16.5. The van der Waals surface area contributed by atoms with Crippen LogP contribution in [-0.4, -0.2) is 12.2 Å². The van der Waals surface area contributed by atoms with E-state index in [1.165, 1.54) is 27.8 Å². The zero-order valence-corrected chi connectivity index (χ0v) is 16.5. The van der Waals surface area contributed by atoms with E-state index in [1.807, 2.05) is 25.1 Å². The molecular weight excluding hydrogens is 356 g/mol. The molecule has 1 N–H and O–H groups in total. The van der Waals surface area contributed by atoms with Crippen LogP contribution in [0.5, 0.6) is 11.5 Å². The largest absolute Gasteiger partial charge is 0.508 e. The molecule has 4 aromatic rings. The number of phenols is 1. The topological polar surface area (TPSA) is 29.5 Å². The SMILES string of the molecule is COc1ccc(C2(c3ccc(O)c(C)c3)c3ccccc3-c3ccccc32)cc1. The third kappa shape index (κ3) is 2.42. The molecule has 0 fully saturated rings. The van der Waals surface area contributed by atoms with Gasteiger partial charge in [-0.1, -0.05) is 72.8 Å². The Hall–Kier alpha value is -3.52. The quantitative estimate of drug-likeness (QED) is 0.413. The minimum atomic E-state index is -0.447. The Balaban J connectivity index is 1.92. The third-order valence-electron chi connectivity index (χ3n) is 6.11. The monoisotopic (exact) mass is 378 g/mol. The fourth-order valence-electron chi connectivity index (χ4n) is 4.75. The first-order chi connectivity index (χ1) is 14.2. The summed E-state index contributed by atoms with van der Waals surface area (Å²) in [6.07, 6.45) is 0. The molecule has 1 aliphatic carbocycles. The fourth-order valence-corrected chi connectivity index (χ4v) is 4.75. The molecule has 0 bridgehead atoms. The molecule has 2 heteroatoms. The van der Waals surface area contributed by atoms with Crippen LogP contribution in [0.25, 0.3) is 11.1 Å². The van der Waals surface area contributed by atoms with E-state index in [0.29, 0.717) is 5.75 Å². The van der Waals surface area contributed by atoms with Crippen LogP contribution in [0.1, 0.15) is 27.8 Å². The van der Waals surface area contributed by atoms with Gasteiger partial charge in [0.25, 0.3) is 0 Å². The van der Waals surface area contributed by atoms with E-state index in [9.17, 15) is 5.11 Å². The molecule has 0 saturated carbocycles. The number of hydrogen-bond acceptors (Lipinski definition) is 2. The lowest BCUT2D eigenvalue weighted by molar-refractivity contribution is 0.414. The Labute approximate surface area is 171 Å². The van der Waals surface area contributed by atoms with Crippen LogP contribution in [0.15, 0.2) is 91.0 Å². The van der Waals surface area contributed by atoms with Gasteiger partial charge in [0.1, 0.15) is 11.5 Å². The summed E-state index contributed by atoms with van der Waals surface area (Å²) < 4.78 is 5.41. The standard InChI is InChI=1S/C27H22O2/c1-18-17-20(13-16-26(18)28)27(19-11-14-21(29-2)15-12-19)24-9-5-3-7-22(24)23-8-4-6-10-25(23)27/h3-17,28H,1-2H3. The van der Waals surface area contributed by atoms with Crippen LogP contribution >= 0.6 is 0 Å². The molecule has 5 rings (SSSR count). The van der Waals surface area contributed by atoms with Crippen LogP contribution in [0.2, 0.25) is 0 Å². The summed E-state index contributed by atoms with van der Waals surface area (Å²) in [5.41, 5.74) is 7.79. The number of fused-ring (bicyclic) bond motifs is 3. The lowest BCUT2D eigenvalue weighted by atomic mass is 9.67. The van der Waals surface area contributed by atoms with Gasteiger partial charge in [-0.25, -0.2) is 0 Å². The second kappa shape index (κ2) is 6.52. The van der Waals surface area contributed by atoms with E-state index in [0.717, 1.165) is 16.9 Å². The number of methoxy groups -OCH3 is 1. The van der Waals surface area contributed by atoms with Gasteiger partial charge in [-0.15, -0.1) is 0 Å². The lowest BCUT2D eigenvalue weighted by Gasteiger charge is -2.34. The van der Waals surface area contributed by atoms with Crippen LogP contribution in [0, 0.1) is 6.92 Å². The lowest BCUT2D eigenvalue weighted by Crippen LogP contribution is -2.28. The molecule has 0 radical (unpaired) electrons. The Morgan fingerprint density at radius 3 is 1.79 bits per heavy atom. The summed E-state index contributed by atoms with van der Waals surface area (Å²) in [6, 6.07) is 31.6. The van der Waals surface area contributed by atoms with E-state index in [4.69, 9.17) is 4.74 Å². The zero-order chi connectivity index (χ0) is 20.0. The Bertz CT molecular complexity index is 1160. The molecule has 1 aliphatic rings. The van der Waals surface area contributed by atoms with Crippen molar-refractivity contribution >= 4 is 0 Å². The van der Waals surface area contributed by atoms with Crippen molar-refractivity contribution in [1.82, 2.24) is 0 Å². The van der Waals surface area contributed by atoms with Gasteiger partial charge in [0.15, 0.2) is 0 Å². The summed E-state index contributed by atoms with van der Waals surface area (Å²) in [5, 5.41) is 10.2. The van der Waals surface area contributed by atoms with Gasteiger partial charge in [0.2, 0.25) is 0 Å². The van der Waals surface area contributed by atoms with Crippen LogP contribution in [0.3, 0.4) is 0 Å². The van der Waals surface area contributed by atoms with Gasteiger partial charge >= 0.3 is 0 Å². The van der Waals surface area contributed by atoms with Crippen molar-refractivity contribution in [2.45, 2.75) is 12.3 Å². The van der Waals surface area contributed by atoms with Crippen molar-refractivity contribution in [2.24, 2.45) is 0 Å². The summed E-state index contributed by atoms with van der Waals surface area (Å²) >= 11 is 0.